The molecule has 0 spiro atoms. The second-order valence-corrected chi connectivity index (χ2v) is 10.2. The van der Waals surface area contributed by atoms with Crippen molar-refractivity contribution in [3.8, 4) is 0 Å². The Kier molecular flexibility index (Phi) is 14.7. The highest BCUT2D eigenvalue weighted by Crippen LogP contribution is 2.38. The molecule has 6 nitrogen and oxygen atoms in total. The Morgan fingerprint density at radius 2 is 1.97 bits per heavy atom. The lowest BCUT2D eigenvalue weighted by atomic mass is 9.89. The predicted molar refractivity (Wildman–Crippen MR) is 147 cm³/mol. The van der Waals surface area contributed by atoms with Crippen molar-refractivity contribution in [3.63, 3.8) is 0 Å². The summed E-state index contributed by atoms with van der Waals surface area (Å²) in [6.45, 7) is 2.55. The van der Waals surface area contributed by atoms with Gasteiger partial charge in [-0.2, -0.15) is 0 Å². The van der Waals surface area contributed by atoms with Crippen LogP contribution in [-0.4, -0.2) is 52.3 Å². The maximum Gasteiger partial charge on any atom is 0.306 e. The molecule has 2 rings (SSSR count). The summed E-state index contributed by atoms with van der Waals surface area (Å²) in [6.07, 6.45) is 11.7. The number of hydrogen-bond acceptors (Lipinski definition) is 5. The van der Waals surface area contributed by atoms with E-state index in [1.165, 1.54) is 5.56 Å². The van der Waals surface area contributed by atoms with Gasteiger partial charge in [0.2, 0.25) is 5.91 Å². The van der Waals surface area contributed by atoms with Crippen LogP contribution in [0.5, 0.6) is 0 Å². The molecule has 0 bridgehead atoms. The average Bonchev–Trinajstić information content (AvgIpc) is 3.16. The van der Waals surface area contributed by atoms with Crippen LogP contribution in [0, 0.1) is 11.8 Å². The molecule has 36 heavy (non-hydrogen) atoms. The van der Waals surface area contributed by atoms with Crippen molar-refractivity contribution in [1.82, 2.24) is 5.32 Å². The number of ether oxygens (including phenoxy) is 1. The van der Waals surface area contributed by atoms with Crippen LogP contribution in [0.15, 0.2) is 54.6 Å². The molecule has 1 fully saturated rings. The summed E-state index contributed by atoms with van der Waals surface area (Å²) in [5.41, 5.74) is 1.18. The van der Waals surface area contributed by atoms with E-state index in [-0.39, 0.29) is 23.7 Å². The summed E-state index contributed by atoms with van der Waals surface area (Å²) in [5.74, 6) is -0.454. The smallest absolute Gasteiger partial charge is 0.306 e. The van der Waals surface area contributed by atoms with Gasteiger partial charge < -0.3 is 20.3 Å². The van der Waals surface area contributed by atoms with E-state index in [4.69, 9.17) is 4.74 Å². The number of allylic oxidation sites excluding steroid dienone is 2. The molecular weight excluding hydrogens is 522 g/mol. The third-order valence-corrected chi connectivity index (χ3v) is 7.10. The largest absolute Gasteiger partial charge is 0.462 e. The van der Waals surface area contributed by atoms with Crippen LogP contribution < -0.4 is 5.32 Å². The topological polar surface area (TPSA) is 95.9 Å². The third kappa shape index (κ3) is 11.4. The minimum absolute atomic E-state index is 0.0673. The number of rotatable bonds is 16. The van der Waals surface area contributed by atoms with Gasteiger partial charge in [-0.05, 0) is 56.9 Å². The molecular formula is C29H42BrNO5. The zero-order valence-electron chi connectivity index (χ0n) is 21.4. The Bertz CT molecular complexity index is 828. The number of aliphatic hydroxyl groups is 2. The van der Waals surface area contributed by atoms with Crippen LogP contribution in [-0.2, 0) is 20.7 Å². The third-order valence-electron chi connectivity index (χ3n) is 6.54. The number of benzene rings is 1. The van der Waals surface area contributed by atoms with E-state index in [1.54, 1.807) is 6.08 Å². The highest BCUT2D eigenvalue weighted by molar-refractivity contribution is 9.09. The van der Waals surface area contributed by atoms with E-state index < -0.39 is 18.3 Å². The number of aryl methyl sites for hydroxylation is 1. The van der Waals surface area contributed by atoms with E-state index >= 15 is 0 Å². The lowest BCUT2D eigenvalue weighted by molar-refractivity contribution is -0.150. The minimum atomic E-state index is -0.613. The molecule has 1 saturated carbocycles. The highest BCUT2D eigenvalue weighted by Gasteiger charge is 2.42. The number of nitrogens with one attached hydrogen (secondary N) is 1. The first-order valence-electron chi connectivity index (χ1n) is 13.2. The van der Waals surface area contributed by atoms with Crippen molar-refractivity contribution in [3.05, 3.63) is 60.2 Å². The van der Waals surface area contributed by atoms with Gasteiger partial charge in [0.25, 0.3) is 0 Å². The fourth-order valence-corrected chi connectivity index (χ4v) is 4.88. The maximum absolute atomic E-state index is 12.3. The Morgan fingerprint density at radius 1 is 1.19 bits per heavy atom. The van der Waals surface area contributed by atoms with Crippen molar-refractivity contribution >= 4 is 27.8 Å². The van der Waals surface area contributed by atoms with Crippen molar-refractivity contribution in [1.29, 1.82) is 0 Å². The molecule has 0 aliphatic heterocycles. The number of aliphatic hydroxyl groups excluding tert-OH is 2. The van der Waals surface area contributed by atoms with E-state index in [0.29, 0.717) is 45.1 Å². The maximum atomic E-state index is 12.3. The molecule has 1 aromatic carbocycles. The summed E-state index contributed by atoms with van der Waals surface area (Å²) in [5, 5.41) is 24.9. The first-order valence-corrected chi connectivity index (χ1v) is 14.3. The molecule has 0 heterocycles. The van der Waals surface area contributed by atoms with Crippen LogP contribution in [0.3, 0.4) is 0 Å². The van der Waals surface area contributed by atoms with Crippen molar-refractivity contribution in [2.75, 3.05) is 11.9 Å². The Labute approximate surface area is 224 Å². The molecule has 200 valence electrons. The normalized spacial score (nSPS) is 22.8. The van der Waals surface area contributed by atoms with Crippen LogP contribution in [0.1, 0.15) is 63.9 Å². The second-order valence-electron chi connectivity index (χ2n) is 9.39. The van der Waals surface area contributed by atoms with Crippen molar-refractivity contribution < 1.29 is 24.5 Å². The first-order chi connectivity index (χ1) is 17.4. The predicted octanol–water partition coefficient (Wildman–Crippen LogP) is 4.87. The lowest BCUT2D eigenvalue weighted by Gasteiger charge is -2.22. The number of carbonyl (C=O) groups is 2. The summed E-state index contributed by atoms with van der Waals surface area (Å²) >= 11 is 3.34. The molecule has 1 aliphatic carbocycles. The number of carbonyl (C=O) groups excluding carboxylic acids is 2. The summed E-state index contributed by atoms with van der Waals surface area (Å²) in [6, 6.07) is 10.0. The number of alkyl halides is 1. The number of unbranched alkanes of at least 4 members (excludes halogenated alkanes) is 1. The van der Waals surface area contributed by atoms with Crippen molar-refractivity contribution in [2.24, 2.45) is 11.8 Å². The average molecular weight is 565 g/mol. The van der Waals surface area contributed by atoms with E-state index in [9.17, 15) is 19.8 Å². The molecule has 1 aromatic rings. The number of esters is 1. The van der Waals surface area contributed by atoms with Gasteiger partial charge in [-0.3, -0.25) is 9.59 Å². The molecule has 0 aromatic heterocycles. The van der Waals surface area contributed by atoms with E-state index in [1.807, 2.05) is 49.4 Å². The lowest BCUT2D eigenvalue weighted by Crippen LogP contribution is -2.25. The van der Waals surface area contributed by atoms with Gasteiger partial charge in [0.05, 0.1) is 12.2 Å². The number of hydrogen-bond donors (Lipinski definition) is 3. The fourth-order valence-electron chi connectivity index (χ4n) is 4.60. The Morgan fingerprint density at radius 3 is 2.69 bits per heavy atom. The summed E-state index contributed by atoms with van der Waals surface area (Å²) in [4.78, 5) is 23.9. The van der Waals surface area contributed by atoms with Gasteiger partial charge >= 0.3 is 5.97 Å². The zero-order valence-corrected chi connectivity index (χ0v) is 22.9. The monoisotopic (exact) mass is 563 g/mol. The molecule has 7 heteroatoms. The molecule has 1 amide bonds. The van der Waals surface area contributed by atoms with E-state index in [0.717, 1.165) is 24.6 Å². The first kappa shape index (κ1) is 30.3. The Balaban J connectivity index is 1.96. The van der Waals surface area contributed by atoms with Crippen LogP contribution in [0.25, 0.3) is 0 Å². The summed E-state index contributed by atoms with van der Waals surface area (Å²) in [7, 11) is 0. The van der Waals surface area contributed by atoms with E-state index in [2.05, 4.69) is 27.3 Å². The molecule has 5 atom stereocenters. The molecule has 3 N–H and O–H groups in total. The number of halogens is 1. The van der Waals surface area contributed by atoms with Gasteiger partial charge in [0.15, 0.2) is 0 Å². The van der Waals surface area contributed by atoms with Crippen LogP contribution in [0.2, 0.25) is 0 Å². The molecule has 0 saturated heterocycles. The van der Waals surface area contributed by atoms with Gasteiger partial charge in [0.1, 0.15) is 6.10 Å². The van der Waals surface area contributed by atoms with Gasteiger partial charge in [-0.1, -0.05) is 70.6 Å². The number of amides is 1. The van der Waals surface area contributed by atoms with Gasteiger partial charge in [0, 0.05) is 37.1 Å². The molecule has 1 aliphatic rings. The standard InChI is InChI=1S/C29H42BrNO5/c1-2-31-28(34)14-9-4-3-8-13-24-25(27(21-26(24)33)36-29(35)15-10-20-30)19-18-23(32)17-16-22-11-6-5-7-12-22/h3,5-8,11-12,18-19,23-27,32-33H,2,4,9-10,13-17,20-21H2,1H3,(H,31,34)/b8-3-,19-18+. The quantitative estimate of drug-likeness (QED) is 0.115. The molecule has 0 radical (unpaired) electrons. The SMILES string of the molecule is CCNC(=O)CCC/C=C\CC1C(O)CC(OC(=O)CCCBr)C1/C=C/C(O)CCc1ccccc1. The highest BCUT2D eigenvalue weighted by atomic mass is 79.9. The van der Waals surface area contributed by atoms with Crippen molar-refractivity contribution in [2.45, 2.75) is 83.0 Å². The molecule has 5 unspecified atom stereocenters. The zero-order chi connectivity index (χ0) is 26.2. The van der Waals surface area contributed by atoms with Gasteiger partial charge in [-0.25, -0.2) is 0 Å². The van der Waals surface area contributed by atoms with Crippen LogP contribution in [0.4, 0.5) is 0 Å². The minimum Gasteiger partial charge on any atom is -0.462 e. The Hall–Kier alpha value is -1.96. The van der Waals surface area contributed by atoms with Crippen LogP contribution >= 0.6 is 15.9 Å². The summed E-state index contributed by atoms with van der Waals surface area (Å²) < 4.78 is 5.76. The second kappa shape index (κ2) is 17.5. The van der Waals surface area contributed by atoms with Gasteiger partial charge in [-0.15, -0.1) is 0 Å². The fraction of sp³-hybridized carbons (Fsp3) is 0.586.